The zero-order chi connectivity index (χ0) is 11.0. The van der Waals surface area contributed by atoms with Crippen LogP contribution in [0.2, 0.25) is 0 Å². The number of aldehydes is 1. The lowest BCUT2D eigenvalue weighted by Crippen LogP contribution is -2.53. The first-order valence-electron chi connectivity index (χ1n) is 4.44. The molecule has 0 aromatic heterocycles. The Morgan fingerprint density at radius 3 is 2.93 bits per heavy atom. The van der Waals surface area contributed by atoms with E-state index in [-0.39, 0.29) is 18.1 Å². The average molecular weight is 211 g/mol. The molecule has 0 saturated carbocycles. The van der Waals surface area contributed by atoms with Gasteiger partial charge in [0.15, 0.2) is 12.0 Å². The van der Waals surface area contributed by atoms with E-state index in [0.717, 1.165) is 6.08 Å². The van der Waals surface area contributed by atoms with Crippen molar-refractivity contribution in [3.05, 3.63) is 11.8 Å². The van der Waals surface area contributed by atoms with Crippen LogP contribution >= 0.6 is 0 Å². The fourth-order valence-corrected chi connectivity index (χ4v) is 1.59. The van der Waals surface area contributed by atoms with Gasteiger partial charge >= 0.3 is 5.97 Å². The molecule has 2 rings (SSSR count). The summed E-state index contributed by atoms with van der Waals surface area (Å²) in [5, 5.41) is 0. The molecule has 2 atom stereocenters. The van der Waals surface area contributed by atoms with Gasteiger partial charge in [-0.2, -0.15) is 0 Å². The molecule has 80 valence electrons. The zero-order valence-electron chi connectivity index (χ0n) is 8.00. The van der Waals surface area contributed by atoms with E-state index in [0.29, 0.717) is 6.29 Å². The second-order valence-electron chi connectivity index (χ2n) is 3.24. The highest BCUT2D eigenvalue weighted by Crippen LogP contribution is 2.36. The number of nitrogens with zero attached hydrogens (tertiary/aromatic N) is 1. The van der Waals surface area contributed by atoms with Crippen LogP contribution in [-0.4, -0.2) is 35.5 Å². The molecule has 15 heavy (non-hydrogen) atoms. The van der Waals surface area contributed by atoms with E-state index in [1.807, 2.05) is 0 Å². The van der Waals surface area contributed by atoms with Crippen molar-refractivity contribution < 1.29 is 23.9 Å². The Hall–Kier alpha value is -1.85. The number of esters is 1. The number of rotatable bonds is 2. The minimum absolute atomic E-state index is 0.152. The Labute approximate surface area is 85.4 Å². The molecule has 0 spiro atoms. The summed E-state index contributed by atoms with van der Waals surface area (Å²) in [7, 11) is 0. The van der Waals surface area contributed by atoms with E-state index in [1.165, 1.54) is 11.8 Å². The number of allylic oxidation sites excluding steroid dienone is 1. The Balaban J connectivity index is 2.20. The Morgan fingerprint density at radius 2 is 2.40 bits per heavy atom. The Bertz CT molecular complexity index is 362. The second kappa shape index (κ2) is 3.38. The molecule has 1 amide bonds. The number of ether oxygens (including phenoxy) is 2. The summed E-state index contributed by atoms with van der Waals surface area (Å²) in [5.74, 6) is -0.475. The van der Waals surface area contributed by atoms with Crippen LogP contribution in [0.5, 0.6) is 0 Å². The molecule has 2 aliphatic rings. The fraction of sp³-hybridized carbons (Fsp3) is 0.444. The number of carbonyl (C=O) groups excluding carboxylic acids is 3. The number of hydrogen-bond donors (Lipinski definition) is 0. The standard InChI is InChI=1S/C9H9NO5/c1-5(12)14-9-6(2-3-11)15-8-4-7(13)10(8)9/h2-3,8-9H,4H2,1H3/b6-2+/t8-,9?/m1/s1. The van der Waals surface area contributed by atoms with E-state index in [2.05, 4.69) is 0 Å². The predicted molar refractivity (Wildman–Crippen MR) is 46.0 cm³/mol. The lowest BCUT2D eigenvalue weighted by molar-refractivity contribution is -0.173. The van der Waals surface area contributed by atoms with Crippen LogP contribution in [0.15, 0.2) is 11.8 Å². The van der Waals surface area contributed by atoms with Gasteiger partial charge in [-0.25, -0.2) is 0 Å². The van der Waals surface area contributed by atoms with Crippen LogP contribution in [0.3, 0.4) is 0 Å². The van der Waals surface area contributed by atoms with Gasteiger partial charge in [0.25, 0.3) is 0 Å². The maximum absolute atomic E-state index is 11.2. The number of hydrogen-bond acceptors (Lipinski definition) is 5. The van der Waals surface area contributed by atoms with Gasteiger partial charge in [-0.1, -0.05) is 0 Å². The molecule has 0 N–H and O–H groups in total. The van der Waals surface area contributed by atoms with Gasteiger partial charge in [0.05, 0.1) is 6.42 Å². The van der Waals surface area contributed by atoms with Crippen molar-refractivity contribution in [1.29, 1.82) is 0 Å². The van der Waals surface area contributed by atoms with Crippen LogP contribution in [0.25, 0.3) is 0 Å². The summed E-state index contributed by atoms with van der Waals surface area (Å²) >= 11 is 0. The molecule has 6 nitrogen and oxygen atoms in total. The third kappa shape index (κ3) is 1.47. The lowest BCUT2D eigenvalue weighted by Gasteiger charge is -2.33. The van der Waals surface area contributed by atoms with Crippen molar-refractivity contribution in [2.45, 2.75) is 25.8 Å². The summed E-state index contributed by atoms with van der Waals surface area (Å²) in [6, 6.07) is 0. The van der Waals surface area contributed by atoms with Crippen LogP contribution in [0.4, 0.5) is 0 Å². The topological polar surface area (TPSA) is 72.9 Å². The molecule has 0 aromatic rings. The third-order valence-corrected chi connectivity index (χ3v) is 2.23. The van der Waals surface area contributed by atoms with Crippen LogP contribution in [0, 0.1) is 0 Å². The highest BCUT2D eigenvalue weighted by Gasteiger charge is 2.52. The highest BCUT2D eigenvalue weighted by molar-refractivity contribution is 5.84. The van der Waals surface area contributed by atoms with Gasteiger partial charge in [0, 0.05) is 13.0 Å². The maximum atomic E-state index is 11.2. The first kappa shape index (κ1) is 9.70. The quantitative estimate of drug-likeness (QED) is 0.267. The first-order chi connectivity index (χ1) is 7.13. The van der Waals surface area contributed by atoms with Crippen molar-refractivity contribution in [3.8, 4) is 0 Å². The molecule has 2 heterocycles. The van der Waals surface area contributed by atoms with Gasteiger partial charge in [-0.05, 0) is 0 Å². The van der Waals surface area contributed by atoms with E-state index >= 15 is 0 Å². The number of β-lactam (4-membered cyclic amide) rings is 1. The fourth-order valence-electron chi connectivity index (χ4n) is 1.59. The van der Waals surface area contributed by atoms with Crippen molar-refractivity contribution in [2.75, 3.05) is 0 Å². The Morgan fingerprint density at radius 1 is 1.67 bits per heavy atom. The summed E-state index contributed by atoms with van der Waals surface area (Å²) in [4.78, 5) is 33.6. The van der Waals surface area contributed by atoms with Crippen molar-refractivity contribution in [3.63, 3.8) is 0 Å². The maximum Gasteiger partial charge on any atom is 0.304 e. The SMILES string of the molecule is CC(=O)OC1/C(=C\C=O)O[C@@H]2CC(=O)N12. The molecular formula is C9H9NO5. The molecule has 6 heteroatoms. The van der Waals surface area contributed by atoms with Gasteiger partial charge in [0.2, 0.25) is 12.1 Å². The monoisotopic (exact) mass is 211 g/mol. The van der Waals surface area contributed by atoms with E-state index in [1.54, 1.807) is 0 Å². The molecule has 0 bridgehead atoms. The van der Waals surface area contributed by atoms with Gasteiger partial charge in [0.1, 0.15) is 6.29 Å². The summed E-state index contributed by atoms with van der Waals surface area (Å²) in [6.45, 7) is 1.23. The number of fused-ring (bicyclic) bond motifs is 1. The average Bonchev–Trinajstić information content (AvgIpc) is 2.38. The summed E-state index contributed by atoms with van der Waals surface area (Å²) in [6.07, 6.45) is 0.669. The molecule has 2 fully saturated rings. The molecule has 1 unspecified atom stereocenters. The van der Waals surface area contributed by atoms with Gasteiger partial charge in [-0.3, -0.25) is 19.3 Å². The minimum Gasteiger partial charge on any atom is -0.468 e. The smallest absolute Gasteiger partial charge is 0.304 e. The summed E-state index contributed by atoms with van der Waals surface area (Å²) < 4.78 is 10.1. The highest BCUT2D eigenvalue weighted by atomic mass is 16.6. The molecule has 2 saturated heterocycles. The zero-order valence-corrected chi connectivity index (χ0v) is 8.00. The molecular weight excluding hydrogens is 202 g/mol. The van der Waals surface area contributed by atoms with E-state index in [9.17, 15) is 14.4 Å². The van der Waals surface area contributed by atoms with E-state index in [4.69, 9.17) is 9.47 Å². The minimum atomic E-state index is -0.876. The number of carbonyl (C=O) groups is 3. The Kier molecular flexibility index (Phi) is 2.18. The van der Waals surface area contributed by atoms with Crippen molar-refractivity contribution >= 4 is 18.2 Å². The second-order valence-corrected chi connectivity index (χ2v) is 3.24. The van der Waals surface area contributed by atoms with Crippen molar-refractivity contribution in [1.82, 2.24) is 4.90 Å². The number of amides is 1. The predicted octanol–water partition coefficient (Wildman–Crippen LogP) is -0.453. The van der Waals surface area contributed by atoms with Gasteiger partial charge < -0.3 is 9.47 Å². The molecule has 0 aliphatic carbocycles. The lowest BCUT2D eigenvalue weighted by atomic mass is 10.2. The molecule has 0 aromatic carbocycles. The summed E-state index contributed by atoms with van der Waals surface area (Å²) in [5.41, 5.74) is 0. The van der Waals surface area contributed by atoms with Crippen molar-refractivity contribution in [2.24, 2.45) is 0 Å². The normalized spacial score (nSPS) is 30.6. The van der Waals surface area contributed by atoms with Crippen LogP contribution < -0.4 is 0 Å². The van der Waals surface area contributed by atoms with E-state index < -0.39 is 18.4 Å². The first-order valence-corrected chi connectivity index (χ1v) is 4.44. The largest absolute Gasteiger partial charge is 0.468 e. The molecule has 2 aliphatic heterocycles. The van der Waals surface area contributed by atoms with Crippen LogP contribution in [0.1, 0.15) is 13.3 Å². The van der Waals surface area contributed by atoms with Crippen LogP contribution in [-0.2, 0) is 23.9 Å². The van der Waals surface area contributed by atoms with Gasteiger partial charge in [-0.15, -0.1) is 0 Å². The molecule has 0 radical (unpaired) electrons. The third-order valence-electron chi connectivity index (χ3n) is 2.23.